The fraction of sp³-hybridized carbons (Fsp3) is 0.143. The van der Waals surface area contributed by atoms with Gasteiger partial charge in [-0.25, -0.2) is 4.79 Å². The molecule has 2 rings (SSSR count). The molecule has 98 valence electrons. The number of carbonyl (C=O) groups is 1. The first-order valence-electron chi connectivity index (χ1n) is 5.54. The molecule has 19 heavy (non-hydrogen) atoms. The number of ether oxygens (including phenoxy) is 1. The zero-order valence-electron chi connectivity index (χ0n) is 10.4. The topological polar surface area (TPSA) is 39.2 Å². The molecule has 0 N–H and O–H groups in total. The third-order valence-electron chi connectivity index (χ3n) is 2.68. The van der Waals surface area contributed by atoms with Crippen LogP contribution in [0.2, 0.25) is 10.0 Å². The van der Waals surface area contributed by atoms with Gasteiger partial charge in [0.2, 0.25) is 0 Å². The molecule has 1 aromatic carbocycles. The minimum atomic E-state index is -0.474. The molecule has 0 unspecified atom stereocenters. The van der Waals surface area contributed by atoms with Gasteiger partial charge in [-0.3, -0.25) is 4.98 Å². The Kier molecular flexibility index (Phi) is 4.08. The molecule has 5 heteroatoms. The Labute approximate surface area is 121 Å². The van der Waals surface area contributed by atoms with Gasteiger partial charge in [0.25, 0.3) is 0 Å². The van der Waals surface area contributed by atoms with Crippen LogP contribution < -0.4 is 0 Å². The van der Waals surface area contributed by atoms with Gasteiger partial charge < -0.3 is 4.74 Å². The number of hydrogen-bond acceptors (Lipinski definition) is 3. The van der Waals surface area contributed by atoms with Crippen molar-refractivity contribution >= 4 is 29.2 Å². The van der Waals surface area contributed by atoms with Crippen LogP contribution in [-0.2, 0) is 4.74 Å². The van der Waals surface area contributed by atoms with Crippen molar-refractivity contribution in [3.05, 3.63) is 51.8 Å². The maximum absolute atomic E-state index is 11.8. The fourth-order valence-electron chi connectivity index (χ4n) is 1.79. The third kappa shape index (κ3) is 2.72. The molecule has 1 aromatic heterocycles. The Hall–Kier alpha value is -1.58. The lowest BCUT2D eigenvalue weighted by Crippen LogP contribution is -2.05. The number of pyridine rings is 1. The minimum Gasteiger partial charge on any atom is -0.465 e. The van der Waals surface area contributed by atoms with E-state index >= 15 is 0 Å². The maximum atomic E-state index is 11.8. The second-order valence-corrected chi connectivity index (χ2v) is 4.77. The summed E-state index contributed by atoms with van der Waals surface area (Å²) >= 11 is 12.4. The van der Waals surface area contributed by atoms with Crippen molar-refractivity contribution in [2.75, 3.05) is 7.11 Å². The number of aryl methyl sites for hydroxylation is 1. The van der Waals surface area contributed by atoms with Crippen LogP contribution >= 0.6 is 23.2 Å². The number of hydrogen-bond donors (Lipinski definition) is 0. The number of methoxy groups -OCH3 is 1. The molecule has 0 fully saturated rings. The summed E-state index contributed by atoms with van der Waals surface area (Å²) < 4.78 is 4.75. The Morgan fingerprint density at radius 1 is 1.26 bits per heavy atom. The van der Waals surface area contributed by atoms with Gasteiger partial charge in [0.1, 0.15) is 0 Å². The van der Waals surface area contributed by atoms with Crippen molar-refractivity contribution < 1.29 is 9.53 Å². The summed E-state index contributed by atoms with van der Waals surface area (Å²) in [6.07, 6.45) is 1.47. The minimum absolute atomic E-state index is 0.336. The average Bonchev–Trinajstić information content (AvgIpc) is 2.38. The quantitative estimate of drug-likeness (QED) is 0.781. The van der Waals surface area contributed by atoms with Crippen molar-refractivity contribution in [2.24, 2.45) is 0 Å². The summed E-state index contributed by atoms with van der Waals surface area (Å²) in [5.41, 5.74) is 2.33. The van der Waals surface area contributed by atoms with Crippen LogP contribution in [0, 0.1) is 6.92 Å². The summed E-state index contributed by atoms with van der Waals surface area (Å²) in [4.78, 5) is 15.9. The lowest BCUT2D eigenvalue weighted by atomic mass is 10.0. The highest BCUT2D eigenvalue weighted by molar-refractivity contribution is 6.39. The molecule has 0 saturated heterocycles. The number of nitrogens with zero attached hydrogens (tertiary/aromatic N) is 1. The Morgan fingerprint density at radius 3 is 2.47 bits per heavy atom. The summed E-state index contributed by atoms with van der Waals surface area (Å²) in [6.45, 7) is 1.83. The number of rotatable bonds is 2. The van der Waals surface area contributed by atoms with E-state index in [4.69, 9.17) is 27.9 Å². The fourth-order valence-corrected chi connectivity index (χ4v) is 2.40. The van der Waals surface area contributed by atoms with E-state index < -0.39 is 5.97 Å². The highest BCUT2D eigenvalue weighted by Gasteiger charge is 2.18. The maximum Gasteiger partial charge on any atom is 0.340 e. The zero-order valence-corrected chi connectivity index (χ0v) is 11.9. The Morgan fingerprint density at radius 2 is 1.89 bits per heavy atom. The largest absolute Gasteiger partial charge is 0.465 e. The number of aromatic nitrogens is 1. The van der Waals surface area contributed by atoms with Gasteiger partial charge in [-0.15, -0.1) is 0 Å². The first-order chi connectivity index (χ1) is 9.04. The average molecular weight is 296 g/mol. The van der Waals surface area contributed by atoms with Crippen LogP contribution in [0.4, 0.5) is 0 Å². The lowest BCUT2D eigenvalue weighted by molar-refractivity contribution is 0.0601. The monoisotopic (exact) mass is 295 g/mol. The van der Waals surface area contributed by atoms with E-state index in [9.17, 15) is 4.79 Å². The van der Waals surface area contributed by atoms with Gasteiger partial charge in [0, 0.05) is 33.1 Å². The predicted octanol–water partition coefficient (Wildman–Crippen LogP) is 4.15. The standard InChI is InChI=1S/C14H11Cl2NO2/c1-8-6-9(10(7-17-8)14(18)19-2)13-11(15)4-3-5-12(13)16/h3-7H,1-2H3. The first-order valence-corrected chi connectivity index (χ1v) is 6.29. The molecule has 1 heterocycles. The third-order valence-corrected chi connectivity index (χ3v) is 3.31. The van der Waals surface area contributed by atoms with E-state index in [1.807, 2.05) is 6.92 Å². The van der Waals surface area contributed by atoms with E-state index in [2.05, 4.69) is 4.98 Å². The summed E-state index contributed by atoms with van der Waals surface area (Å²) in [5.74, 6) is -0.474. The van der Waals surface area contributed by atoms with Crippen molar-refractivity contribution in [2.45, 2.75) is 6.92 Å². The second-order valence-electron chi connectivity index (χ2n) is 3.96. The van der Waals surface area contributed by atoms with E-state index in [1.54, 1.807) is 24.3 Å². The highest BCUT2D eigenvalue weighted by atomic mass is 35.5. The number of carbonyl (C=O) groups excluding carboxylic acids is 1. The SMILES string of the molecule is COC(=O)c1cnc(C)cc1-c1c(Cl)cccc1Cl. The van der Waals surface area contributed by atoms with Crippen molar-refractivity contribution in [1.29, 1.82) is 0 Å². The molecule has 3 nitrogen and oxygen atoms in total. The van der Waals surface area contributed by atoms with E-state index in [-0.39, 0.29) is 0 Å². The first kappa shape index (κ1) is 13.8. The van der Waals surface area contributed by atoms with Gasteiger partial charge >= 0.3 is 5.97 Å². The lowest BCUT2D eigenvalue weighted by Gasteiger charge is -2.11. The van der Waals surface area contributed by atoms with Crippen molar-refractivity contribution in [1.82, 2.24) is 4.98 Å². The molecule has 0 aliphatic rings. The molecular formula is C14H11Cl2NO2. The molecule has 0 spiro atoms. The van der Waals surface area contributed by atoms with Crippen LogP contribution in [0.25, 0.3) is 11.1 Å². The number of halogens is 2. The zero-order chi connectivity index (χ0) is 14.0. The van der Waals surface area contributed by atoms with Gasteiger partial charge in [0.15, 0.2) is 0 Å². The molecule has 0 amide bonds. The number of benzene rings is 1. The van der Waals surface area contributed by atoms with Crippen LogP contribution in [0.5, 0.6) is 0 Å². The van der Waals surface area contributed by atoms with E-state index in [0.717, 1.165) is 5.69 Å². The molecule has 0 aliphatic heterocycles. The molecule has 0 atom stereocenters. The second kappa shape index (κ2) is 5.59. The van der Waals surface area contributed by atoms with Gasteiger partial charge in [-0.2, -0.15) is 0 Å². The predicted molar refractivity (Wildman–Crippen MR) is 75.8 cm³/mol. The van der Waals surface area contributed by atoms with Crippen LogP contribution in [0.1, 0.15) is 16.1 Å². The molecule has 0 aliphatic carbocycles. The van der Waals surface area contributed by atoms with Crippen LogP contribution in [0.3, 0.4) is 0 Å². The van der Waals surface area contributed by atoms with E-state index in [1.165, 1.54) is 13.3 Å². The molecular weight excluding hydrogens is 285 g/mol. The van der Waals surface area contributed by atoms with Crippen LogP contribution in [-0.4, -0.2) is 18.1 Å². The van der Waals surface area contributed by atoms with Crippen LogP contribution in [0.15, 0.2) is 30.5 Å². The van der Waals surface area contributed by atoms with Crippen molar-refractivity contribution in [3.8, 4) is 11.1 Å². The Balaban J connectivity index is 2.74. The smallest absolute Gasteiger partial charge is 0.340 e. The van der Waals surface area contributed by atoms with Gasteiger partial charge in [-0.1, -0.05) is 29.3 Å². The molecule has 0 saturated carbocycles. The molecule has 2 aromatic rings. The van der Waals surface area contributed by atoms with Gasteiger partial charge in [0.05, 0.1) is 12.7 Å². The molecule has 0 bridgehead atoms. The molecule has 0 radical (unpaired) electrons. The number of esters is 1. The Bertz CT molecular complexity index is 621. The summed E-state index contributed by atoms with van der Waals surface area (Å²) in [6, 6.07) is 6.96. The normalized spacial score (nSPS) is 10.3. The highest BCUT2D eigenvalue weighted by Crippen LogP contribution is 2.36. The summed E-state index contributed by atoms with van der Waals surface area (Å²) in [7, 11) is 1.32. The van der Waals surface area contributed by atoms with E-state index in [0.29, 0.717) is 26.7 Å². The van der Waals surface area contributed by atoms with Gasteiger partial charge in [-0.05, 0) is 25.1 Å². The summed E-state index contributed by atoms with van der Waals surface area (Å²) in [5, 5.41) is 0.950. The van der Waals surface area contributed by atoms with Crippen molar-refractivity contribution in [3.63, 3.8) is 0 Å².